The van der Waals surface area contributed by atoms with Crippen molar-refractivity contribution in [1.82, 2.24) is 5.32 Å². The summed E-state index contributed by atoms with van der Waals surface area (Å²) in [6.45, 7) is 4.76. The molecule has 2 atom stereocenters. The topological polar surface area (TPSA) is 84.6 Å². The Bertz CT molecular complexity index is 198. The molecule has 0 bridgehead atoms. The largest absolute Gasteiger partial charge is 0.391 e. The summed E-state index contributed by atoms with van der Waals surface area (Å²) >= 11 is 0. The molecular weight excluding hydrogens is 208 g/mol. The first-order valence-corrected chi connectivity index (χ1v) is 5.67. The molecule has 0 aliphatic rings. The standard InChI is InChI=1S/C11H24N2O3/c1-8(2)6-10(12)11(15)13-5-4-9(14)7-16-3/h8-10,14H,4-7,12H2,1-3H3,(H,13,15). The van der Waals surface area contributed by atoms with Gasteiger partial charge in [0.05, 0.1) is 18.8 Å². The number of aliphatic hydroxyl groups is 1. The van der Waals surface area contributed by atoms with Gasteiger partial charge in [0.2, 0.25) is 5.91 Å². The fraction of sp³-hybridized carbons (Fsp3) is 0.909. The van der Waals surface area contributed by atoms with Crippen molar-refractivity contribution in [2.24, 2.45) is 11.7 Å². The van der Waals surface area contributed by atoms with Crippen LogP contribution in [0.5, 0.6) is 0 Å². The maximum absolute atomic E-state index is 11.5. The van der Waals surface area contributed by atoms with Crippen LogP contribution in [0.25, 0.3) is 0 Å². The van der Waals surface area contributed by atoms with E-state index in [1.54, 1.807) is 0 Å². The van der Waals surface area contributed by atoms with E-state index < -0.39 is 12.1 Å². The highest BCUT2D eigenvalue weighted by Crippen LogP contribution is 2.02. The predicted octanol–water partition coefficient (Wildman–Crippen LogP) is -0.127. The van der Waals surface area contributed by atoms with Crippen molar-refractivity contribution in [2.45, 2.75) is 38.8 Å². The van der Waals surface area contributed by atoms with Crippen molar-refractivity contribution in [3.63, 3.8) is 0 Å². The van der Waals surface area contributed by atoms with Gasteiger partial charge in [-0.05, 0) is 18.8 Å². The first kappa shape index (κ1) is 15.3. The third kappa shape index (κ3) is 7.62. The molecule has 0 saturated heterocycles. The smallest absolute Gasteiger partial charge is 0.236 e. The van der Waals surface area contributed by atoms with Crippen LogP contribution in [0.2, 0.25) is 0 Å². The molecule has 0 aromatic rings. The fourth-order valence-corrected chi connectivity index (χ4v) is 1.38. The van der Waals surface area contributed by atoms with E-state index in [0.717, 1.165) is 0 Å². The quantitative estimate of drug-likeness (QED) is 0.544. The normalized spacial score (nSPS) is 14.9. The summed E-state index contributed by atoms with van der Waals surface area (Å²) in [7, 11) is 1.53. The molecule has 0 radical (unpaired) electrons. The van der Waals surface area contributed by atoms with Gasteiger partial charge in [-0.1, -0.05) is 13.8 Å². The molecule has 1 amide bonds. The van der Waals surface area contributed by atoms with Gasteiger partial charge < -0.3 is 20.9 Å². The summed E-state index contributed by atoms with van der Waals surface area (Å²) in [6.07, 6.45) is 0.618. The van der Waals surface area contributed by atoms with Crippen LogP contribution >= 0.6 is 0 Å². The second kappa shape index (κ2) is 8.50. The predicted molar refractivity (Wildman–Crippen MR) is 62.9 cm³/mol. The molecule has 0 aliphatic carbocycles. The van der Waals surface area contributed by atoms with E-state index in [-0.39, 0.29) is 12.5 Å². The Labute approximate surface area is 97.3 Å². The summed E-state index contributed by atoms with van der Waals surface area (Å²) < 4.78 is 4.77. The van der Waals surface area contributed by atoms with E-state index in [4.69, 9.17) is 10.5 Å². The molecule has 2 unspecified atom stereocenters. The van der Waals surface area contributed by atoms with Crippen molar-refractivity contribution >= 4 is 5.91 Å². The number of amides is 1. The molecule has 0 spiro atoms. The van der Waals surface area contributed by atoms with E-state index in [1.165, 1.54) is 7.11 Å². The number of aliphatic hydroxyl groups excluding tert-OH is 1. The van der Waals surface area contributed by atoms with Crippen molar-refractivity contribution in [3.8, 4) is 0 Å². The van der Waals surface area contributed by atoms with Gasteiger partial charge in [-0.3, -0.25) is 4.79 Å². The molecule has 4 N–H and O–H groups in total. The second-order valence-corrected chi connectivity index (χ2v) is 4.42. The lowest BCUT2D eigenvalue weighted by atomic mass is 10.0. The van der Waals surface area contributed by atoms with E-state index in [0.29, 0.717) is 25.3 Å². The minimum absolute atomic E-state index is 0.154. The molecule has 96 valence electrons. The van der Waals surface area contributed by atoms with Crippen LogP contribution in [0.4, 0.5) is 0 Å². The molecule has 0 fully saturated rings. The minimum atomic E-state index is -0.536. The highest BCUT2D eigenvalue weighted by atomic mass is 16.5. The van der Waals surface area contributed by atoms with Gasteiger partial charge >= 0.3 is 0 Å². The SMILES string of the molecule is COCC(O)CCNC(=O)C(N)CC(C)C. The Morgan fingerprint density at radius 1 is 1.50 bits per heavy atom. The average Bonchev–Trinajstić information content (AvgIpc) is 2.16. The monoisotopic (exact) mass is 232 g/mol. The maximum atomic E-state index is 11.5. The number of methoxy groups -OCH3 is 1. The van der Waals surface area contributed by atoms with Crippen molar-refractivity contribution in [3.05, 3.63) is 0 Å². The van der Waals surface area contributed by atoms with Crippen LogP contribution in [0, 0.1) is 5.92 Å². The molecule has 16 heavy (non-hydrogen) atoms. The summed E-state index contributed by atoms with van der Waals surface area (Å²) in [6, 6.07) is -0.459. The molecule has 0 aromatic carbocycles. The zero-order valence-corrected chi connectivity index (χ0v) is 10.4. The average molecular weight is 232 g/mol. The van der Waals surface area contributed by atoms with Crippen LogP contribution in [0.15, 0.2) is 0 Å². The van der Waals surface area contributed by atoms with E-state index in [1.807, 2.05) is 13.8 Å². The Morgan fingerprint density at radius 3 is 2.62 bits per heavy atom. The number of ether oxygens (including phenoxy) is 1. The first-order valence-electron chi connectivity index (χ1n) is 5.67. The molecule has 5 heteroatoms. The van der Waals surface area contributed by atoms with Gasteiger partial charge in [0.25, 0.3) is 0 Å². The molecule has 0 rings (SSSR count). The molecule has 0 aromatic heterocycles. The molecular formula is C11H24N2O3. The molecule has 5 nitrogen and oxygen atoms in total. The highest BCUT2D eigenvalue weighted by molar-refractivity contribution is 5.81. The lowest BCUT2D eigenvalue weighted by Crippen LogP contribution is -2.42. The summed E-state index contributed by atoms with van der Waals surface area (Å²) in [5.41, 5.74) is 5.69. The summed E-state index contributed by atoms with van der Waals surface area (Å²) in [4.78, 5) is 11.5. The van der Waals surface area contributed by atoms with E-state index in [2.05, 4.69) is 5.32 Å². The second-order valence-electron chi connectivity index (χ2n) is 4.42. The zero-order chi connectivity index (χ0) is 12.6. The van der Waals surface area contributed by atoms with Gasteiger partial charge in [0.15, 0.2) is 0 Å². The van der Waals surface area contributed by atoms with Gasteiger partial charge in [-0.25, -0.2) is 0 Å². The van der Waals surface area contributed by atoms with Crippen LogP contribution < -0.4 is 11.1 Å². The first-order chi connectivity index (χ1) is 7.47. The van der Waals surface area contributed by atoms with Crippen LogP contribution in [-0.4, -0.2) is 43.4 Å². The molecule has 0 saturated carbocycles. The number of nitrogens with two attached hydrogens (primary N) is 1. The lowest BCUT2D eigenvalue weighted by Gasteiger charge is -2.15. The van der Waals surface area contributed by atoms with Crippen molar-refractivity contribution < 1.29 is 14.6 Å². The van der Waals surface area contributed by atoms with Crippen molar-refractivity contribution in [2.75, 3.05) is 20.3 Å². The number of carbonyl (C=O) groups excluding carboxylic acids is 1. The minimum Gasteiger partial charge on any atom is -0.391 e. The lowest BCUT2D eigenvalue weighted by molar-refractivity contribution is -0.122. The third-order valence-corrected chi connectivity index (χ3v) is 2.20. The van der Waals surface area contributed by atoms with E-state index in [9.17, 15) is 9.90 Å². The van der Waals surface area contributed by atoms with Gasteiger partial charge in [0.1, 0.15) is 0 Å². The van der Waals surface area contributed by atoms with E-state index >= 15 is 0 Å². The van der Waals surface area contributed by atoms with Gasteiger partial charge in [0, 0.05) is 13.7 Å². The zero-order valence-electron chi connectivity index (χ0n) is 10.4. The number of rotatable bonds is 8. The Morgan fingerprint density at radius 2 is 2.12 bits per heavy atom. The Balaban J connectivity index is 3.64. The van der Waals surface area contributed by atoms with Crippen LogP contribution in [-0.2, 0) is 9.53 Å². The number of carbonyl (C=O) groups is 1. The maximum Gasteiger partial charge on any atom is 0.236 e. The number of hydrogen-bond acceptors (Lipinski definition) is 4. The van der Waals surface area contributed by atoms with Crippen molar-refractivity contribution in [1.29, 1.82) is 0 Å². The highest BCUT2D eigenvalue weighted by Gasteiger charge is 2.14. The number of nitrogens with one attached hydrogen (secondary N) is 1. The van der Waals surface area contributed by atoms with Crippen LogP contribution in [0.3, 0.4) is 0 Å². The number of hydrogen-bond donors (Lipinski definition) is 3. The van der Waals surface area contributed by atoms with Gasteiger partial charge in [-0.15, -0.1) is 0 Å². The Hall–Kier alpha value is -0.650. The molecule has 0 heterocycles. The third-order valence-electron chi connectivity index (χ3n) is 2.20. The van der Waals surface area contributed by atoms with Crippen LogP contribution in [0.1, 0.15) is 26.7 Å². The summed E-state index contributed by atoms with van der Waals surface area (Å²) in [5.74, 6) is 0.248. The fourth-order valence-electron chi connectivity index (χ4n) is 1.38. The molecule has 0 aliphatic heterocycles. The summed E-state index contributed by atoms with van der Waals surface area (Å²) in [5, 5.41) is 12.0. The Kier molecular flexibility index (Phi) is 8.15. The van der Waals surface area contributed by atoms with Gasteiger partial charge in [-0.2, -0.15) is 0 Å².